The maximum atomic E-state index is 13.1. The Hall–Kier alpha value is -5.26. The van der Waals surface area contributed by atoms with Crippen LogP contribution in [0.15, 0.2) is 48.5 Å². The van der Waals surface area contributed by atoms with Crippen molar-refractivity contribution in [3.05, 3.63) is 81.6 Å². The number of nitrogens with zero attached hydrogens (tertiary/aromatic N) is 4. The van der Waals surface area contributed by atoms with Gasteiger partial charge in [-0.2, -0.15) is 13.2 Å². The Kier molecular flexibility index (Phi) is 11.8. The molecule has 2 aliphatic carbocycles. The fourth-order valence-electron chi connectivity index (χ4n) is 9.83. The van der Waals surface area contributed by atoms with E-state index in [1.54, 1.807) is 55.5 Å². The van der Waals surface area contributed by atoms with Crippen LogP contribution in [0.25, 0.3) is 10.2 Å². The van der Waals surface area contributed by atoms with Crippen LogP contribution < -0.4 is 16.0 Å². The molecule has 13 nitrogen and oxygen atoms in total. The van der Waals surface area contributed by atoms with E-state index in [0.717, 1.165) is 58.1 Å². The van der Waals surface area contributed by atoms with Gasteiger partial charge in [0.25, 0.3) is 17.7 Å². The Morgan fingerprint density at radius 3 is 2.35 bits per heavy atom. The van der Waals surface area contributed by atoms with Gasteiger partial charge in [-0.1, -0.05) is 31.4 Å². The number of piperidine rings is 1. The fraction of sp³-hybridized carbons (Fsp3) is 0.489. The molecule has 2 aromatic heterocycles. The molecular formula is C45H50F3N7O6S. The predicted molar refractivity (Wildman–Crippen MR) is 227 cm³/mol. The summed E-state index contributed by atoms with van der Waals surface area (Å²) in [5, 5.41) is 19.9. The molecule has 2 saturated heterocycles. The van der Waals surface area contributed by atoms with E-state index in [1.165, 1.54) is 51.3 Å². The van der Waals surface area contributed by atoms with Crippen LogP contribution in [0.1, 0.15) is 131 Å². The number of halogens is 3. The molecule has 4 fully saturated rings. The highest BCUT2D eigenvalue weighted by atomic mass is 32.1. The maximum absolute atomic E-state index is 13.1. The van der Waals surface area contributed by atoms with Gasteiger partial charge in [0, 0.05) is 48.9 Å². The first-order valence-electron chi connectivity index (χ1n) is 21.2. The number of benzene rings is 2. The van der Waals surface area contributed by atoms with E-state index >= 15 is 0 Å². The monoisotopic (exact) mass is 873 g/mol. The molecule has 4 aromatic rings. The number of likely N-dealkylation sites (tertiary alicyclic amines) is 1. The van der Waals surface area contributed by atoms with Gasteiger partial charge >= 0.3 is 6.18 Å². The number of alkyl halides is 3. The number of fused-ring (bicyclic) bond motifs is 2. The number of nitrogens with one attached hydrogen (secondary N) is 3. The third-order valence-corrected chi connectivity index (χ3v) is 13.8. The van der Waals surface area contributed by atoms with Crippen LogP contribution in [-0.4, -0.2) is 87.1 Å². The number of rotatable bonds is 9. The van der Waals surface area contributed by atoms with Crippen LogP contribution in [0.4, 0.5) is 24.5 Å². The number of anilines is 2. The summed E-state index contributed by atoms with van der Waals surface area (Å²) in [5.41, 5.74) is 0.550. The molecule has 62 heavy (non-hydrogen) atoms. The summed E-state index contributed by atoms with van der Waals surface area (Å²) in [4.78, 5) is 73.9. The highest BCUT2D eigenvalue weighted by Gasteiger charge is 2.50. The molecule has 1 atom stereocenters. The minimum absolute atomic E-state index is 0.119. The Labute approximate surface area is 360 Å². The van der Waals surface area contributed by atoms with Gasteiger partial charge in [0.2, 0.25) is 11.8 Å². The SMILES string of the molecule is CC(C)(O)c1cc2nc(C3CCCCC3)sc2cc1NC(=O)c1cccc(C(F)(F)F)n1.CN1CC2(CC(CCNc3cccc4c3C(=O)N(C3CCC(=O)NC3=O)C4=O)C2)C1. The molecule has 2 aromatic carbocycles. The van der Waals surface area contributed by atoms with Crippen molar-refractivity contribution in [2.24, 2.45) is 11.3 Å². The van der Waals surface area contributed by atoms with Gasteiger partial charge < -0.3 is 20.6 Å². The molecule has 4 N–H and O–H groups in total. The number of hydrogen-bond donors (Lipinski definition) is 4. The van der Waals surface area contributed by atoms with E-state index < -0.39 is 47.1 Å². The number of aliphatic hydroxyl groups is 1. The average Bonchev–Trinajstić information content (AvgIpc) is 3.73. The van der Waals surface area contributed by atoms with Crippen LogP contribution in [0.3, 0.4) is 0 Å². The fourth-order valence-corrected chi connectivity index (χ4v) is 11.0. The third kappa shape index (κ3) is 8.84. The first-order valence-corrected chi connectivity index (χ1v) is 22.0. The standard InChI is InChI=1S/C23H24F3N3O2S.C22H26N4O4/c1-22(2,31)14-11-17-18(32-21(29-17)13-7-4-3-5-8-13)12-16(14)28-20(30)15-9-6-10-19(27-15)23(24,25)26;1-25-11-22(12-25)9-13(10-22)7-8-23-15-4-2-3-14-18(15)21(30)26(20(14)29)16-5-6-17(27)24-19(16)28/h6,9-13,31H,3-5,7-8H2,1-2H3,(H,28,30);2-4,13,16,23H,5-12H2,1H3,(H,24,27,28). The third-order valence-electron chi connectivity index (χ3n) is 12.7. The first kappa shape index (κ1) is 43.4. The molecule has 5 heterocycles. The van der Waals surface area contributed by atoms with E-state index in [2.05, 4.69) is 32.9 Å². The quantitative estimate of drug-likeness (QED) is 0.124. The van der Waals surface area contributed by atoms with Crippen molar-refractivity contribution in [3.63, 3.8) is 0 Å². The van der Waals surface area contributed by atoms with Crippen LogP contribution in [0.2, 0.25) is 0 Å². The summed E-state index contributed by atoms with van der Waals surface area (Å²) in [6, 6.07) is 10.9. The van der Waals surface area contributed by atoms with E-state index in [9.17, 15) is 42.3 Å². The van der Waals surface area contributed by atoms with E-state index in [-0.39, 0.29) is 24.4 Å². The van der Waals surface area contributed by atoms with Gasteiger partial charge in [-0.25, -0.2) is 9.97 Å². The number of aromatic nitrogens is 2. The smallest absolute Gasteiger partial charge is 0.386 e. The molecular weight excluding hydrogens is 824 g/mol. The number of hydrogen-bond acceptors (Lipinski definition) is 11. The number of imide groups is 2. The molecule has 2 saturated carbocycles. The van der Waals surface area contributed by atoms with Crippen molar-refractivity contribution >= 4 is 62.5 Å². The second-order valence-corrected chi connectivity index (χ2v) is 19.1. The lowest BCUT2D eigenvalue weighted by molar-refractivity contribution is -0.141. The van der Waals surface area contributed by atoms with E-state index in [0.29, 0.717) is 45.3 Å². The van der Waals surface area contributed by atoms with Gasteiger partial charge in [-0.3, -0.25) is 34.2 Å². The molecule has 9 rings (SSSR count). The lowest BCUT2D eigenvalue weighted by atomic mass is 9.57. The van der Waals surface area contributed by atoms with Crippen LogP contribution in [0.5, 0.6) is 0 Å². The Morgan fingerprint density at radius 1 is 0.952 bits per heavy atom. The summed E-state index contributed by atoms with van der Waals surface area (Å²) >= 11 is 1.56. The predicted octanol–water partition coefficient (Wildman–Crippen LogP) is 7.47. The Morgan fingerprint density at radius 2 is 1.68 bits per heavy atom. The van der Waals surface area contributed by atoms with Crippen LogP contribution >= 0.6 is 11.3 Å². The van der Waals surface area contributed by atoms with Crippen molar-refractivity contribution in [2.75, 3.05) is 37.3 Å². The lowest BCUT2D eigenvalue weighted by Crippen LogP contribution is -2.60. The number of carbonyl (C=O) groups excluding carboxylic acids is 5. The van der Waals surface area contributed by atoms with E-state index in [4.69, 9.17) is 4.98 Å². The first-order chi connectivity index (χ1) is 29.4. The zero-order valence-corrected chi connectivity index (χ0v) is 35.7. The number of pyridine rings is 1. The second-order valence-electron chi connectivity index (χ2n) is 18.0. The van der Waals surface area contributed by atoms with Gasteiger partial charge in [-0.15, -0.1) is 11.3 Å². The summed E-state index contributed by atoms with van der Waals surface area (Å²) in [5.74, 6) is -1.55. The van der Waals surface area contributed by atoms with Crippen LogP contribution in [0, 0.1) is 11.3 Å². The average molecular weight is 874 g/mol. The minimum atomic E-state index is -4.65. The van der Waals surface area contributed by atoms with Crippen molar-refractivity contribution in [2.45, 2.75) is 102 Å². The van der Waals surface area contributed by atoms with Gasteiger partial charge in [-0.05, 0) is 107 Å². The summed E-state index contributed by atoms with van der Waals surface area (Å²) in [6.07, 6.45) is 5.02. The second kappa shape index (κ2) is 16.8. The maximum Gasteiger partial charge on any atom is 0.433 e. The molecule has 5 aliphatic rings. The molecule has 3 aliphatic heterocycles. The Balaban J connectivity index is 0.000000171. The van der Waals surface area contributed by atoms with Crippen molar-refractivity contribution in [3.8, 4) is 0 Å². The van der Waals surface area contributed by atoms with Gasteiger partial charge in [0.1, 0.15) is 17.4 Å². The largest absolute Gasteiger partial charge is 0.433 e. The van der Waals surface area contributed by atoms with Crippen molar-refractivity contribution in [1.29, 1.82) is 0 Å². The van der Waals surface area contributed by atoms with Crippen LogP contribution in [-0.2, 0) is 21.4 Å². The topological polar surface area (TPSA) is 174 Å². The molecule has 328 valence electrons. The molecule has 5 amide bonds. The number of amides is 5. The highest BCUT2D eigenvalue weighted by molar-refractivity contribution is 7.18. The Bertz CT molecular complexity index is 2430. The minimum Gasteiger partial charge on any atom is -0.386 e. The molecule has 17 heteroatoms. The highest BCUT2D eigenvalue weighted by Crippen LogP contribution is 2.52. The number of carbonyl (C=O) groups is 5. The molecule has 0 bridgehead atoms. The lowest BCUT2D eigenvalue weighted by Gasteiger charge is -2.58. The molecule has 1 unspecified atom stereocenters. The summed E-state index contributed by atoms with van der Waals surface area (Å²) in [6.45, 7) is 6.32. The normalized spacial score (nSPS) is 20.6. The van der Waals surface area contributed by atoms with Gasteiger partial charge in [0.15, 0.2) is 0 Å². The molecule has 0 radical (unpaired) electrons. The number of thiazole rings is 1. The van der Waals surface area contributed by atoms with Crippen molar-refractivity contribution in [1.82, 2.24) is 25.1 Å². The summed E-state index contributed by atoms with van der Waals surface area (Å²) < 4.78 is 39.8. The van der Waals surface area contributed by atoms with Gasteiger partial charge in [0.05, 0.1) is 32.0 Å². The molecule has 1 spiro atoms. The van der Waals surface area contributed by atoms with Crippen molar-refractivity contribution < 1.29 is 42.3 Å². The summed E-state index contributed by atoms with van der Waals surface area (Å²) in [7, 11) is 2.16. The van der Waals surface area contributed by atoms with E-state index in [1.807, 2.05) is 0 Å². The zero-order chi connectivity index (χ0) is 44.1. The zero-order valence-electron chi connectivity index (χ0n) is 34.9.